The van der Waals surface area contributed by atoms with Gasteiger partial charge in [0.25, 0.3) is 6.03 Å². The Kier molecular flexibility index (Phi) is 6.20. The average Bonchev–Trinajstić information content (AvgIpc) is 2.35. The Morgan fingerprint density at radius 2 is 1.26 bits per heavy atom. The SMILES string of the molecule is CCOC1(OCC)N(C)C(C)CN(C)CC(C)N1C. The van der Waals surface area contributed by atoms with Crippen LogP contribution in [0.15, 0.2) is 0 Å². The molecule has 1 rings (SSSR count). The number of likely N-dealkylation sites (N-methyl/N-ethyl adjacent to an activating group) is 3. The van der Waals surface area contributed by atoms with E-state index in [1.165, 1.54) is 0 Å². The van der Waals surface area contributed by atoms with E-state index in [4.69, 9.17) is 9.47 Å². The molecular weight excluding hydrogens is 242 g/mol. The minimum atomic E-state index is -0.760. The van der Waals surface area contributed by atoms with Crippen molar-refractivity contribution >= 4 is 0 Å². The van der Waals surface area contributed by atoms with Crippen LogP contribution in [-0.4, -0.2) is 80.3 Å². The largest absolute Gasteiger partial charge is 0.325 e. The van der Waals surface area contributed by atoms with Crippen LogP contribution in [0.25, 0.3) is 0 Å². The first kappa shape index (κ1) is 16.9. The average molecular weight is 273 g/mol. The monoisotopic (exact) mass is 273 g/mol. The molecule has 0 spiro atoms. The van der Waals surface area contributed by atoms with Crippen molar-refractivity contribution in [3.63, 3.8) is 0 Å². The molecule has 0 bridgehead atoms. The van der Waals surface area contributed by atoms with E-state index in [0.717, 1.165) is 13.1 Å². The van der Waals surface area contributed by atoms with Crippen molar-refractivity contribution in [2.45, 2.75) is 45.8 Å². The van der Waals surface area contributed by atoms with Crippen molar-refractivity contribution in [3.05, 3.63) is 0 Å². The summed E-state index contributed by atoms with van der Waals surface area (Å²) in [5, 5.41) is 0. The highest BCUT2D eigenvalue weighted by Gasteiger charge is 2.46. The summed E-state index contributed by atoms with van der Waals surface area (Å²) in [4.78, 5) is 6.77. The van der Waals surface area contributed by atoms with Gasteiger partial charge in [-0.1, -0.05) is 0 Å². The van der Waals surface area contributed by atoms with Gasteiger partial charge in [-0.25, -0.2) is 9.80 Å². The molecule has 19 heavy (non-hydrogen) atoms. The summed E-state index contributed by atoms with van der Waals surface area (Å²) in [7, 11) is 6.33. The zero-order chi connectivity index (χ0) is 14.6. The summed E-state index contributed by atoms with van der Waals surface area (Å²) in [5.41, 5.74) is 0. The van der Waals surface area contributed by atoms with Gasteiger partial charge in [0.15, 0.2) is 0 Å². The fourth-order valence-electron chi connectivity index (χ4n) is 2.85. The first-order valence-corrected chi connectivity index (χ1v) is 7.31. The minimum Gasteiger partial charge on any atom is -0.325 e. The molecule has 2 atom stereocenters. The normalized spacial score (nSPS) is 31.1. The van der Waals surface area contributed by atoms with Gasteiger partial charge < -0.3 is 14.4 Å². The van der Waals surface area contributed by atoms with Crippen LogP contribution in [0.5, 0.6) is 0 Å². The molecular formula is C14H31N3O2. The lowest BCUT2D eigenvalue weighted by atomic mass is 10.2. The zero-order valence-corrected chi connectivity index (χ0v) is 13.6. The van der Waals surface area contributed by atoms with E-state index in [0.29, 0.717) is 25.3 Å². The summed E-state index contributed by atoms with van der Waals surface area (Å²) in [5.74, 6) is 0. The Morgan fingerprint density at radius 3 is 1.58 bits per heavy atom. The second kappa shape index (κ2) is 6.99. The third-order valence-corrected chi connectivity index (χ3v) is 4.03. The topological polar surface area (TPSA) is 28.2 Å². The van der Waals surface area contributed by atoms with E-state index >= 15 is 0 Å². The summed E-state index contributed by atoms with van der Waals surface area (Å²) in [6, 6.07) is -0.0417. The van der Waals surface area contributed by atoms with Crippen molar-refractivity contribution in [2.24, 2.45) is 0 Å². The zero-order valence-electron chi connectivity index (χ0n) is 13.6. The van der Waals surface area contributed by atoms with Gasteiger partial charge in [-0.3, -0.25) is 0 Å². The number of rotatable bonds is 4. The molecule has 5 heteroatoms. The van der Waals surface area contributed by atoms with Gasteiger partial charge in [-0.15, -0.1) is 0 Å². The summed E-state index contributed by atoms with van der Waals surface area (Å²) in [6.45, 7) is 11.7. The van der Waals surface area contributed by atoms with Gasteiger partial charge in [0.2, 0.25) is 0 Å². The third-order valence-electron chi connectivity index (χ3n) is 4.03. The van der Waals surface area contributed by atoms with Gasteiger partial charge in [0.1, 0.15) is 0 Å². The number of ether oxygens (including phenoxy) is 2. The van der Waals surface area contributed by atoms with E-state index in [9.17, 15) is 0 Å². The van der Waals surface area contributed by atoms with Crippen LogP contribution in [0.2, 0.25) is 0 Å². The molecule has 114 valence electrons. The highest BCUT2D eigenvalue weighted by Crippen LogP contribution is 2.28. The summed E-state index contributed by atoms with van der Waals surface area (Å²) >= 11 is 0. The molecule has 0 saturated carbocycles. The maximum Gasteiger partial charge on any atom is 0.297 e. The summed E-state index contributed by atoms with van der Waals surface area (Å²) < 4.78 is 12.1. The molecule has 0 radical (unpaired) electrons. The lowest BCUT2D eigenvalue weighted by molar-refractivity contribution is -0.394. The Morgan fingerprint density at radius 1 is 0.895 bits per heavy atom. The van der Waals surface area contributed by atoms with E-state index in [1.54, 1.807) is 0 Å². The van der Waals surface area contributed by atoms with Crippen LogP contribution in [0.1, 0.15) is 27.7 Å². The summed E-state index contributed by atoms with van der Waals surface area (Å²) in [6.07, 6.45) is 0. The van der Waals surface area contributed by atoms with Crippen molar-refractivity contribution in [2.75, 3.05) is 47.4 Å². The van der Waals surface area contributed by atoms with E-state index < -0.39 is 6.03 Å². The Labute approximate surface area is 118 Å². The second-order valence-corrected chi connectivity index (χ2v) is 5.56. The van der Waals surface area contributed by atoms with Crippen molar-refractivity contribution in [3.8, 4) is 0 Å². The van der Waals surface area contributed by atoms with Gasteiger partial charge in [0, 0.05) is 38.4 Å². The lowest BCUT2D eigenvalue weighted by Gasteiger charge is -2.52. The Bertz CT molecular complexity index is 249. The van der Waals surface area contributed by atoms with E-state index in [-0.39, 0.29) is 0 Å². The molecule has 0 aliphatic carbocycles. The molecule has 1 fully saturated rings. The van der Waals surface area contributed by atoms with Crippen LogP contribution < -0.4 is 0 Å². The quantitative estimate of drug-likeness (QED) is 0.719. The van der Waals surface area contributed by atoms with Crippen molar-refractivity contribution in [1.29, 1.82) is 0 Å². The van der Waals surface area contributed by atoms with Crippen LogP contribution in [-0.2, 0) is 9.47 Å². The maximum absolute atomic E-state index is 6.06. The first-order chi connectivity index (χ1) is 8.89. The molecule has 1 aliphatic rings. The van der Waals surface area contributed by atoms with Gasteiger partial charge in [-0.05, 0) is 48.8 Å². The fraction of sp³-hybridized carbons (Fsp3) is 1.00. The lowest BCUT2D eigenvalue weighted by Crippen LogP contribution is -2.69. The molecule has 1 aliphatic heterocycles. The van der Waals surface area contributed by atoms with Crippen molar-refractivity contribution < 1.29 is 9.47 Å². The minimum absolute atomic E-state index is 0.359. The van der Waals surface area contributed by atoms with Crippen molar-refractivity contribution in [1.82, 2.24) is 14.7 Å². The standard InChI is InChI=1S/C14H31N3O2/c1-8-18-14(19-9-2)16(6)12(3)10-15(5)11-13(4)17(14)7/h12-13H,8-11H2,1-7H3. The Hall–Kier alpha value is -0.200. The molecule has 0 N–H and O–H groups in total. The molecule has 1 heterocycles. The van der Waals surface area contributed by atoms with Crippen LogP contribution in [0, 0.1) is 0 Å². The Balaban J connectivity index is 3.11. The molecule has 0 aromatic carbocycles. The molecule has 0 aromatic rings. The predicted molar refractivity (Wildman–Crippen MR) is 77.9 cm³/mol. The highest BCUT2D eigenvalue weighted by atomic mass is 16.7. The van der Waals surface area contributed by atoms with E-state index in [1.807, 2.05) is 13.8 Å². The molecule has 0 amide bonds. The molecule has 1 saturated heterocycles. The predicted octanol–water partition coefficient (Wildman–Crippen LogP) is 1.26. The van der Waals surface area contributed by atoms with Gasteiger partial charge in [0.05, 0.1) is 0 Å². The third kappa shape index (κ3) is 3.47. The highest BCUT2D eigenvalue weighted by molar-refractivity contribution is 4.84. The second-order valence-electron chi connectivity index (χ2n) is 5.56. The van der Waals surface area contributed by atoms with Crippen LogP contribution >= 0.6 is 0 Å². The number of hydrogen-bond donors (Lipinski definition) is 0. The number of hydrogen-bond acceptors (Lipinski definition) is 5. The maximum atomic E-state index is 6.06. The van der Waals surface area contributed by atoms with E-state index in [2.05, 4.69) is 49.7 Å². The van der Waals surface area contributed by atoms with Gasteiger partial charge in [-0.2, -0.15) is 0 Å². The van der Waals surface area contributed by atoms with Gasteiger partial charge >= 0.3 is 0 Å². The first-order valence-electron chi connectivity index (χ1n) is 7.31. The number of nitrogens with zero attached hydrogens (tertiary/aromatic N) is 3. The molecule has 0 aromatic heterocycles. The van der Waals surface area contributed by atoms with Crippen LogP contribution in [0.3, 0.4) is 0 Å². The molecule has 2 unspecified atom stereocenters. The smallest absolute Gasteiger partial charge is 0.297 e. The molecule has 5 nitrogen and oxygen atoms in total. The fourth-order valence-corrected chi connectivity index (χ4v) is 2.85. The van der Waals surface area contributed by atoms with Crippen LogP contribution in [0.4, 0.5) is 0 Å².